The Balaban J connectivity index is 2.00. The van der Waals surface area contributed by atoms with Gasteiger partial charge in [0.15, 0.2) is 0 Å². The van der Waals surface area contributed by atoms with Gasteiger partial charge in [-0.25, -0.2) is 0 Å². The zero-order valence-corrected chi connectivity index (χ0v) is 18.4. The molecule has 0 radical (unpaired) electrons. The highest BCUT2D eigenvalue weighted by Gasteiger charge is 2.46. The second kappa shape index (κ2) is 9.91. The largest absolute Gasteiger partial charge is 0.507 e. The van der Waals surface area contributed by atoms with E-state index in [1.54, 1.807) is 23.1 Å². The van der Waals surface area contributed by atoms with E-state index in [1.165, 1.54) is 11.3 Å². The summed E-state index contributed by atoms with van der Waals surface area (Å²) in [6, 6.07) is 10.2. The molecule has 160 valence electrons. The number of ketones is 1. The van der Waals surface area contributed by atoms with E-state index in [0.717, 1.165) is 17.7 Å². The van der Waals surface area contributed by atoms with Crippen LogP contribution in [0, 0.1) is 0 Å². The van der Waals surface area contributed by atoms with Gasteiger partial charge in [0, 0.05) is 23.5 Å². The number of aliphatic hydroxyl groups is 1. The number of carbonyl (C=O) groups is 2. The Morgan fingerprint density at radius 1 is 1.23 bits per heavy atom. The molecule has 2 aromatic rings. The van der Waals surface area contributed by atoms with Gasteiger partial charge in [-0.2, -0.15) is 0 Å². The molecule has 7 heteroatoms. The number of ether oxygens (including phenoxy) is 1. The van der Waals surface area contributed by atoms with Crippen LogP contribution < -0.4 is 4.74 Å². The fourth-order valence-electron chi connectivity index (χ4n) is 3.38. The molecule has 1 saturated heterocycles. The third-order valence-electron chi connectivity index (χ3n) is 5.01. The summed E-state index contributed by atoms with van der Waals surface area (Å²) in [7, 11) is 3.83. The number of hydrogen-bond donors (Lipinski definition) is 1. The van der Waals surface area contributed by atoms with Crippen LogP contribution in [0.25, 0.3) is 5.76 Å². The van der Waals surface area contributed by atoms with Gasteiger partial charge in [-0.1, -0.05) is 31.5 Å². The first kappa shape index (κ1) is 22.1. The summed E-state index contributed by atoms with van der Waals surface area (Å²) in [6.07, 6.45) is 1.96. The highest BCUT2D eigenvalue weighted by Crippen LogP contribution is 2.41. The highest BCUT2D eigenvalue weighted by atomic mass is 32.1. The highest BCUT2D eigenvalue weighted by molar-refractivity contribution is 7.10. The molecule has 30 heavy (non-hydrogen) atoms. The van der Waals surface area contributed by atoms with Gasteiger partial charge in [-0.05, 0) is 44.1 Å². The van der Waals surface area contributed by atoms with E-state index in [1.807, 2.05) is 42.6 Å². The molecule has 1 amide bonds. The van der Waals surface area contributed by atoms with Crippen LogP contribution in [0.2, 0.25) is 0 Å². The van der Waals surface area contributed by atoms with Crippen molar-refractivity contribution in [3.63, 3.8) is 0 Å². The second-order valence-electron chi connectivity index (χ2n) is 7.54. The first-order chi connectivity index (χ1) is 14.4. The van der Waals surface area contributed by atoms with Crippen molar-refractivity contribution in [1.82, 2.24) is 9.80 Å². The molecule has 1 fully saturated rings. The second-order valence-corrected chi connectivity index (χ2v) is 8.52. The van der Waals surface area contributed by atoms with Crippen molar-refractivity contribution in [3.05, 3.63) is 57.8 Å². The molecule has 2 heterocycles. The number of likely N-dealkylation sites (N-methyl/N-ethyl adjacent to an activating group) is 1. The van der Waals surface area contributed by atoms with E-state index >= 15 is 0 Å². The number of nitrogens with zero attached hydrogens (tertiary/aromatic N) is 2. The van der Waals surface area contributed by atoms with Crippen LogP contribution in [0.5, 0.6) is 5.75 Å². The van der Waals surface area contributed by atoms with E-state index < -0.39 is 17.7 Å². The first-order valence-corrected chi connectivity index (χ1v) is 11.0. The fourth-order valence-corrected chi connectivity index (χ4v) is 4.23. The van der Waals surface area contributed by atoms with Crippen molar-refractivity contribution in [2.75, 3.05) is 33.8 Å². The van der Waals surface area contributed by atoms with E-state index in [0.29, 0.717) is 31.0 Å². The van der Waals surface area contributed by atoms with Crippen molar-refractivity contribution >= 4 is 28.8 Å². The Morgan fingerprint density at radius 3 is 2.70 bits per heavy atom. The minimum absolute atomic E-state index is 0.131. The van der Waals surface area contributed by atoms with E-state index in [9.17, 15) is 14.7 Å². The molecule has 1 aromatic heterocycles. The first-order valence-electron chi connectivity index (χ1n) is 10.1. The van der Waals surface area contributed by atoms with Crippen molar-refractivity contribution in [2.45, 2.75) is 25.8 Å². The summed E-state index contributed by atoms with van der Waals surface area (Å²) >= 11 is 1.47. The molecular formula is C23H28N2O4S. The lowest BCUT2D eigenvalue weighted by atomic mass is 9.99. The quantitative estimate of drug-likeness (QED) is 0.284. The van der Waals surface area contributed by atoms with E-state index in [2.05, 4.69) is 6.92 Å². The molecule has 3 rings (SSSR count). The predicted molar refractivity (Wildman–Crippen MR) is 119 cm³/mol. The number of amides is 1. The van der Waals surface area contributed by atoms with Gasteiger partial charge < -0.3 is 19.6 Å². The lowest BCUT2D eigenvalue weighted by Crippen LogP contribution is -2.35. The number of rotatable bonds is 9. The minimum Gasteiger partial charge on any atom is -0.507 e. The van der Waals surface area contributed by atoms with Crippen LogP contribution in [0.4, 0.5) is 0 Å². The third kappa shape index (κ3) is 4.74. The average molecular weight is 429 g/mol. The molecular weight excluding hydrogens is 400 g/mol. The third-order valence-corrected chi connectivity index (χ3v) is 5.94. The number of carbonyl (C=O) groups excluding carboxylic acids is 2. The van der Waals surface area contributed by atoms with Crippen LogP contribution in [-0.2, 0) is 9.59 Å². The van der Waals surface area contributed by atoms with Gasteiger partial charge >= 0.3 is 0 Å². The molecule has 0 aliphatic carbocycles. The predicted octanol–water partition coefficient (Wildman–Crippen LogP) is 3.91. The Labute approximate surface area is 181 Å². The normalized spacial score (nSPS) is 18.4. The number of benzene rings is 1. The molecule has 1 unspecified atom stereocenters. The molecule has 1 aliphatic heterocycles. The molecule has 1 aromatic carbocycles. The van der Waals surface area contributed by atoms with Gasteiger partial charge in [0.2, 0.25) is 0 Å². The maximum absolute atomic E-state index is 12.9. The van der Waals surface area contributed by atoms with Crippen molar-refractivity contribution in [2.24, 2.45) is 0 Å². The van der Waals surface area contributed by atoms with Crippen molar-refractivity contribution in [1.29, 1.82) is 0 Å². The van der Waals surface area contributed by atoms with Gasteiger partial charge in [-0.3, -0.25) is 9.59 Å². The van der Waals surface area contributed by atoms with Gasteiger partial charge in [0.1, 0.15) is 11.5 Å². The Hall–Kier alpha value is -2.64. The summed E-state index contributed by atoms with van der Waals surface area (Å²) < 4.78 is 5.73. The summed E-state index contributed by atoms with van der Waals surface area (Å²) in [6.45, 7) is 3.70. The number of aliphatic hydroxyl groups excluding tert-OH is 1. The molecule has 0 saturated carbocycles. The number of likely N-dealkylation sites (tertiary alicyclic amines) is 1. The lowest BCUT2D eigenvalue weighted by molar-refractivity contribution is -0.140. The summed E-state index contributed by atoms with van der Waals surface area (Å²) in [4.78, 5) is 30.1. The minimum atomic E-state index is -0.651. The van der Waals surface area contributed by atoms with Crippen molar-refractivity contribution < 1.29 is 19.4 Å². The molecule has 0 bridgehead atoms. The number of unbranched alkanes of at least 4 members (excludes halogenated alkanes) is 1. The van der Waals surface area contributed by atoms with Crippen LogP contribution in [0.3, 0.4) is 0 Å². The summed E-state index contributed by atoms with van der Waals surface area (Å²) in [5, 5.41) is 13.0. The van der Waals surface area contributed by atoms with Crippen LogP contribution in [0.15, 0.2) is 47.4 Å². The van der Waals surface area contributed by atoms with Crippen LogP contribution in [-0.4, -0.2) is 60.4 Å². The van der Waals surface area contributed by atoms with Gasteiger partial charge in [0.05, 0.1) is 18.2 Å². The number of thiophene rings is 1. The lowest BCUT2D eigenvalue weighted by Gasteiger charge is -2.25. The molecule has 1 atom stereocenters. The van der Waals surface area contributed by atoms with Gasteiger partial charge in [0.25, 0.3) is 11.7 Å². The van der Waals surface area contributed by atoms with Crippen molar-refractivity contribution in [3.8, 4) is 5.75 Å². The smallest absolute Gasteiger partial charge is 0.295 e. The number of hydrogen-bond acceptors (Lipinski definition) is 6. The zero-order chi connectivity index (χ0) is 21.7. The Morgan fingerprint density at radius 2 is 2.03 bits per heavy atom. The Bertz CT molecular complexity index is 921. The summed E-state index contributed by atoms with van der Waals surface area (Å²) in [5.41, 5.74) is 0.600. The SMILES string of the molecule is CCCCOc1cccc(/C(O)=C2\C(=O)C(=O)N(CCN(C)C)C2c2cccs2)c1. The van der Waals surface area contributed by atoms with Crippen LogP contribution >= 0.6 is 11.3 Å². The molecule has 1 aliphatic rings. The fraction of sp³-hybridized carbons (Fsp3) is 0.391. The molecule has 0 spiro atoms. The zero-order valence-electron chi connectivity index (χ0n) is 17.6. The summed E-state index contributed by atoms with van der Waals surface area (Å²) in [5.74, 6) is -0.767. The van der Waals surface area contributed by atoms with E-state index in [-0.39, 0.29) is 11.3 Å². The molecule has 1 N–H and O–H groups in total. The Kier molecular flexibility index (Phi) is 7.29. The number of Topliss-reactive ketones (excluding diaryl/α,β-unsaturated/α-hetero) is 1. The van der Waals surface area contributed by atoms with E-state index in [4.69, 9.17) is 4.74 Å². The monoisotopic (exact) mass is 428 g/mol. The topological polar surface area (TPSA) is 70.1 Å². The maximum atomic E-state index is 12.9. The maximum Gasteiger partial charge on any atom is 0.295 e. The standard InChI is InChI=1S/C23H28N2O4S/c1-4-5-13-29-17-9-6-8-16(15-17)21(26)19-20(18-10-7-14-30-18)25(12-11-24(2)3)23(28)22(19)27/h6-10,14-15,20,26H,4-5,11-13H2,1-3H3/b21-19+. The van der Waals surface area contributed by atoms with Crippen LogP contribution in [0.1, 0.15) is 36.2 Å². The average Bonchev–Trinajstić information content (AvgIpc) is 3.34. The molecule has 6 nitrogen and oxygen atoms in total. The van der Waals surface area contributed by atoms with Gasteiger partial charge in [-0.15, -0.1) is 11.3 Å².